The van der Waals surface area contributed by atoms with Crippen molar-refractivity contribution in [2.45, 2.75) is 58.3 Å². The highest BCUT2D eigenvalue weighted by atomic mass is 16.5. The fraction of sp³-hybridized carbons (Fsp3) is 0.600. The average molecular weight is 358 g/mol. The van der Waals surface area contributed by atoms with Gasteiger partial charge in [-0.25, -0.2) is 9.67 Å². The SMILES string of the molecule is COc1ccc([C@](C)(O)[C@H]2CCCN2Cc2ncnn2CC(C)C)cc1. The third-order valence-electron chi connectivity index (χ3n) is 5.27. The van der Waals surface area contributed by atoms with E-state index in [-0.39, 0.29) is 6.04 Å². The second-order valence-electron chi connectivity index (χ2n) is 7.76. The summed E-state index contributed by atoms with van der Waals surface area (Å²) in [4.78, 5) is 6.80. The van der Waals surface area contributed by atoms with E-state index in [1.54, 1.807) is 13.4 Å². The molecule has 1 aliphatic rings. The number of benzene rings is 1. The Hall–Kier alpha value is -1.92. The lowest BCUT2D eigenvalue weighted by Crippen LogP contribution is -2.45. The second kappa shape index (κ2) is 7.76. The highest BCUT2D eigenvalue weighted by Gasteiger charge is 2.40. The van der Waals surface area contributed by atoms with Gasteiger partial charge in [-0.15, -0.1) is 0 Å². The van der Waals surface area contributed by atoms with E-state index in [1.165, 1.54) is 0 Å². The maximum absolute atomic E-state index is 11.3. The Kier molecular flexibility index (Phi) is 5.63. The van der Waals surface area contributed by atoms with Gasteiger partial charge >= 0.3 is 0 Å². The minimum absolute atomic E-state index is 0.0556. The predicted octanol–water partition coefficient (Wildman–Crippen LogP) is 2.81. The number of methoxy groups -OCH3 is 1. The fourth-order valence-corrected chi connectivity index (χ4v) is 3.86. The molecule has 26 heavy (non-hydrogen) atoms. The molecule has 6 heteroatoms. The van der Waals surface area contributed by atoms with E-state index < -0.39 is 5.60 Å². The number of aromatic nitrogens is 3. The molecular weight excluding hydrogens is 328 g/mol. The van der Waals surface area contributed by atoms with Crippen molar-refractivity contribution in [1.82, 2.24) is 19.7 Å². The van der Waals surface area contributed by atoms with Gasteiger partial charge in [0.25, 0.3) is 0 Å². The quantitative estimate of drug-likeness (QED) is 0.825. The van der Waals surface area contributed by atoms with Crippen LogP contribution in [0.5, 0.6) is 5.75 Å². The first kappa shape index (κ1) is 18.9. The van der Waals surface area contributed by atoms with Crippen LogP contribution in [0.3, 0.4) is 0 Å². The minimum atomic E-state index is -0.925. The van der Waals surface area contributed by atoms with Gasteiger partial charge in [0.1, 0.15) is 23.5 Å². The summed E-state index contributed by atoms with van der Waals surface area (Å²) < 4.78 is 7.22. The van der Waals surface area contributed by atoms with Gasteiger partial charge in [0.2, 0.25) is 0 Å². The molecule has 1 saturated heterocycles. The van der Waals surface area contributed by atoms with Crippen LogP contribution in [0.25, 0.3) is 0 Å². The number of likely N-dealkylation sites (tertiary alicyclic amines) is 1. The number of aliphatic hydroxyl groups is 1. The van der Waals surface area contributed by atoms with Gasteiger partial charge in [-0.2, -0.15) is 5.10 Å². The van der Waals surface area contributed by atoms with Crippen LogP contribution in [0, 0.1) is 5.92 Å². The first-order valence-electron chi connectivity index (χ1n) is 9.39. The van der Waals surface area contributed by atoms with Crippen LogP contribution in [0.1, 0.15) is 45.0 Å². The molecule has 142 valence electrons. The van der Waals surface area contributed by atoms with E-state index in [0.717, 1.165) is 43.1 Å². The molecule has 1 fully saturated rings. The van der Waals surface area contributed by atoms with Crippen LogP contribution in [0.4, 0.5) is 0 Å². The molecule has 6 nitrogen and oxygen atoms in total. The largest absolute Gasteiger partial charge is 0.497 e. The minimum Gasteiger partial charge on any atom is -0.497 e. The van der Waals surface area contributed by atoms with Crippen LogP contribution < -0.4 is 4.74 Å². The van der Waals surface area contributed by atoms with E-state index in [4.69, 9.17) is 4.74 Å². The molecule has 2 heterocycles. The zero-order chi connectivity index (χ0) is 18.7. The molecule has 1 aromatic heterocycles. The Labute approximate surface area is 155 Å². The highest BCUT2D eigenvalue weighted by molar-refractivity contribution is 5.31. The van der Waals surface area contributed by atoms with Gasteiger partial charge in [-0.3, -0.25) is 4.90 Å². The van der Waals surface area contributed by atoms with Gasteiger partial charge in [0, 0.05) is 12.6 Å². The molecule has 2 aromatic rings. The molecule has 1 aliphatic heterocycles. The number of rotatable bonds is 7. The molecule has 0 saturated carbocycles. The lowest BCUT2D eigenvalue weighted by atomic mass is 9.86. The van der Waals surface area contributed by atoms with Crippen molar-refractivity contribution >= 4 is 0 Å². The smallest absolute Gasteiger partial charge is 0.141 e. The summed E-state index contributed by atoms with van der Waals surface area (Å²) >= 11 is 0. The summed E-state index contributed by atoms with van der Waals surface area (Å²) in [5.74, 6) is 2.29. The number of hydrogen-bond acceptors (Lipinski definition) is 5. The monoisotopic (exact) mass is 358 g/mol. The number of ether oxygens (including phenoxy) is 1. The van der Waals surface area contributed by atoms with Gasteiger partial charge < -0.3 is 9.84 Å². The standard InChI is InChI=1S/C20H30N4O2/c1-15(2)12-24-19(21-14-22-24)13-23-11-5-6-18(23)20(3,25)16-7-9-17(26-4)10-8-16/h7-10,14-15,18,25H,5-6,11-13H2,1-4H3/t18-,20+/m1/s1. The summed E-state index contributed by atoms with van der Waals surface area (Å²) in [5, 5.41) is 15.7. The first-order valence-corrected chi connectivity index (χ1v) is 9.39. The molecule has 0 spiro atoms. The van der Waals surface area contributed by atoms with Crippen LogP contribution >= 0.6 is 0 Å². The zero-order valence-electron chi connectivity index (χ0n) is 16.2. The molecular formula is C20H30N4O2. The van der Waals surface area contributed by atoms with Gasteiger partial charge in [0.15, 0.2) is 0 Å². The third kappa shape index (κ3) is 3.91. The van der Waals surface area contributed by atoms with Crippen LogP contribution in [-0.4, -0.2) is 44.5 Å². The normalized spacial score (nSPS) is 20.5. The zero-order valence-corrected chi connectivity index (χ0v) is 16.2. The van der Waals surface area contributed by atoms with Gasteiger partial charge in [0.05, 0.1) is 13.7 Å². The molecule has 0 amide bonds. The lowest BCUT2D eigenvalue weighted by Gasteiger charge is -2.37. The number of hydrogen-bond donors (Lipinski definition) is 1. The highest BCUT2D eigenvalue weighted by Crippen LogP contribution is 2.36. The van der Waals surface area contributed by atoms with Gasteiger partial charge in [-0.1, -0.05) is 26.0 Å². The van der Waals surface area contributed by atoms with Crippen LogP contribution in [-0.2, 0) is 18.7 Å². The summed E-state index contributed by atoms with van der Waals surface area (Å²) in [5.41, 5.74) is -0.00933. The molecule has 0 bridgehead atoms. The van der Waals surface area contributed by atoms with E-state index in [2.05, 4.69) is 28.8 Å². The summed E-state index contributed by atoms with van der Waals surface area (Å²) in [6.07, 6.45) is 3.68. The summed E-state index contributed by atoms with van der Waals surface area (Å²) in [7, 11) is 1.65. The van der Waals surface area contributed by atoms with E-state index in [9.17, 15) is 5.11 Å². The van der Waals surface area contributed by atoms with Crippen molar-refractivity contribution in [1.29, 1.82) is 0 Å². The van der Waals surface area contributed by atoms with E-state index in [0.29, 0.717) is 12.5 Å². The van der Waals surface area contributed by atoms with Crippen molar-refractivity contribution in [2.75, 3.05) is 13.7 Å². The first-order chi connectivity index (χ1) is 12.4. The van der Waals surface area contributed by atoms with Crippen LogP contribution in [0.2, 0.25) is 0 Å². The molecule has 1 aromatic carbocycles. The molecule has 1 N–H and O–H groups in total. The van der Waals surface area contributed by atoms with Crippen molar-refractivity contribution in [2.24, 2.45) is 5.92 Å². The summed E-state index contributed by atoms with van der Waals surface area (Å²) in [6.45, 7) is 8.81. The Morgan fingerprint density at radius 2 is 2.04 bits per heavy atom. The fourth-order valence-electron chi connectivity index (χ4n) is 3.86. The molecule has 2 atom stereocenters. The molecule has 3 rings (SSSR count). The van der Waals surface area contributed by atoms with Crippen molar-refractivity contribution in [3.63, 3.8) is 0 Å². The van der Waals surface area contributed by atoms with Crippen LogP contribution in [0.15, 0.2) is 30.6 Å². The number of nitrogens with zero attached hydrogens (tertiary/aromatic N) is 4. The van der Waals surface area contributed by atoms with Crippen molar-refractivity contribution in [3.05, 3.63) is 42.0 Å². The maximum Gasteiger partial charge on any atom is 0.141 e. The van der Waals surface area contributed by atoms with E-state index in [1.807, 2.05) is 35.9 Å². The molecule has 0 radical (unpaired) electrons. The lowest BCUT2D eigenvalue weighted by molar-refractivity contribution is -0.0265. The Bertz CT molecular complexity index is 709. The Morgan fingerprint density at radius 3 is 2.69 bits per heavy atom. The average Bonchev–Trinajstić information content (AvgIpc) is 3.25. The van der Waals surface area contributed by atoms with Crippen molar-refractivity contribution in [3.8, 4) is 5.75 Å². The Morgan fingerprint density at radius 1 is 1.31 bits per heavy atom. The second-order valence-corrected chi connectivity index (χ2v) is 7.76. The predicted molar refractivity (Wildman–Crippen MR) is 101 cm³/mol. The topological polar surface area (TPSA) is 63.4 Å². The molecule has 0 aliphatic carbocycles. The van der Waals surface area contributed by atoms with Crippen molar-refractivity contribution < 1.29 is 9.84 Å². The maximum atomic E-state index is 11.3. The third-order valence-corrected chi connectivity index (χ3v) is 5.27. The van der Waals surface area contributed by atoms with Gasteiger partial charge in [-0.05, 0) is 49.9 Å². The summed E-state index contributed by atoms with van der Waals surface area (Å²) in [6, 6.07) is 7.78. The van der Waals surface area contributed by atoms with E-state index >= 15 is 0 Å². The Balaban J connectivity index is 1.77. The molecule has 0 unspecified atom stereocenters.